The standard InChI is InChI=1S/C32H36N6O/c1-6-29-28(26(11-14-35-29)27-9-10-31(34)36-30(27)19-33)17-21(2)20-38-15-12-23(13-16-38)25-8-7-24(18-22(25)3)32(39)37(4)5/h7-12,14,17-18H,6,13,15-16,20H2,1-5H3,(H2,34,36)/b21-17+. The van der Waals surface area contributed by atoms with Gasteiger partial charge in [0.15, 0.2) is 5.69 Å². The molecule has 1 amide bonds. The van der Waals surface area contributed by atoms with E-state index < -0.39 is 0 Å². The first-order valence-electron chi connectivity index (χ1n) is 13.3. The molecule has 3 heterocycles. The molecule has 0 saturated carbocycles. The van der Waals surface area contributed by atoms with Crippen LogP contribution in [0, 0.1) is 18.3 Å². The number of nitrogen functional groups attached to an aromatic ring is 1. The van der Waals surface area contributed by atoms with E-state index in [1.807, 2.05) is 24.3 Å². The number of hydrogen-bond acceptors (Lipinski definition) is 6. The van der Waals surface area contributed by atoms with Crippen molar-refractivity contribution in [2.75, 3.05) is 39.5 Å². The quantitative estimate of drug-likeness (QED) is 0.450. The first-order valence-corrected chi connectivity index (χ1v) is 13.3. The zero-order valence-corrected chi connectivity index (χ0v) is 23.5. The molecule has 0 bridgehead atoms. The van der Waals surface area contributed by atoms with E-state index in [0.29, 0.717) is 11.5 Å². The van der Waals surface area contributed by atoms with Crippen molar-refractivity contribution in [3.63, 3.8) is 0 Å². The van der Waals surface area contributed by atoms with Gasteiger partial charge in [-0.05, 0) is 79.3 Å². The molecule has 4 rings (SSSR count). The summed E-state index contributed by atoms with van der Waals surface area (Å²) in [5, 5.41) is 9.67. The third-order valence-corrected chi connectivity index (χ3v) is 7.10. The third-order valence-electron chi connectivity index (χ3n) is 7.10. The summed E-state index contributed by atoms with van der Waals surface area (Å²) in [5.41, 5.74) is 15.5. The van der Waals surface area contributed by atoms with Gasteiger partial charge < -0.3 is 10.6 Å². The number of carbonyl (C=O) groups is 1. The number of aromatic nitrogens is 2. The van der Waals surface area contributed by atoms with Crippen LogP contribution in [0.3, 0.4) is 0 Å². The van der Waals surface area contributed by atoms with E-state index in [2.05, 4.69) is 59.9 Å². The van der Waals surface area contributed by atoms with Crippen LogP contribution in [0.2, 0.25) is 0 Å². The van der Waals surface area contributed by atoms with Gasteiger partial charge in [-0.25, -0.2) is 4.98 Å². The largest absolute Gasteiger partial charge is 0.384 e. The van der Waals surface area contributed by atoms with E-state index in [9.17, 15) is 10.1 Å². The van der Waals surface area contributed by atoms with Crippen LogP contribution in [0.5, 0.6) is 0 Å². The number of nitrogens with two attached hydrogens (primary N) is 1. The molecular weight excluding hydrogens is 484 g/mol. The number of nitrogens with zero attached hydrogens (tertiary/aromatic N) is 5. The lowest BCUT2D eigenvalue weighted by Gasteiger charge is -2.27. The lowest BCUT2D eigenvalue weighted by atomic mass is 9.93. The average molecular weight is 521 g/mol. The first-order chi connectivity index (χ1) is 18.7. The fraction of sp³-hybridized carbons (Fsp3) is 0.312. The molecule has 1 aliphatic heterocycles. The molecule has 1 aromatic carbocycles. The highest BCUT2D eigenvalue weighted by Gasteiger charge is 2.18. The number of pyridine rings is 2. The minimum Gasteiger partial charge on any atom is -0.384 e. The number of rotatable bonds is 7. The summed E-state index contributed by atoms with van der Waals surface area (Å²) < 4.78 is 0. The fourth-order valence-electron chi connectivity index (χ4n) is 5.13. The normalized spacial score (nSPS) is 14.1. The molecule has 0 aliphatic carbocycles. The average Bonchev–Trinajstić information content (AvgIpc) is 2.93. The van der Waals surface area contributed by atoms with Gasteiger partial charge in [-0.3, -0.25) is 14.7 Å². The van der Waals surface area contributed by atoms with Gasteiger partial charge in [-0.15, -0.1) is 0 Å². The van der Waals surface area contributed by atoms with Crippen LogP contribution in [0.25, 0.3) is 22.8 Å². The van der Waals surface area contributed by atoms with Gasteiger partial charge in [0.2, 0.25) is 0 Å². The highest BCUT2D eigenvalue weighted by molar-refractivity contribution is 5.94. The fourth-order valence-corrected chi connectivity index (χ4v) is 5.13. The predicted octanol–water partition coefficient (Wildman–Crippen LogP) is 5.36. The third kappa shape index (κ3) is 6.24. The highest BCUT2D eigenvalue weighted by Crippen LogP contribution is 2.31. The molecule has 2 N–H and O–H groups in total. The maximum absolute atomic E-state index is 12.3. The van der Waals surface area contributed by atoms with E-state index in [4.69, 9.17) is 5.73 Å². The Bertz CT molecular complexity index is 1490. The van der Waals surface area contributed by atoms with E-state index in [1.54, 1.807) is 31.3 Å². The van der Waals surface area contributed by atoms with Crippen molar-refractivity contribution in [2.24, 2.45) is 0 Å². The predicted molar refractivity (Wildman–Crippen MR) is 158 cm³/mol. The van der Waals surface area contributed by atoms with Gasteiger partial charge in [0.25, 0.3) is 5.91 Å². The molecule has 0 spiro atoms. The Balaban J connectivity index is 1.54. The Kier molecular flexibility index (Phi) is 8.58. The Morgan fingerprint density at radius 1 is 1.18 bits per heavy atom. The van der Waals surface area contributed by atoms with Crippen molar-refractivity contribution in [3.05, 3.63) is 87.9 Å². The SMILES string of the molecule is CCc1nccc(-c2ccc(N)nc2C#N)c1/C=C(\C)CN1CC=C(c2ccc(C(=O)N(C)C)cc2C)CC1. The van der Waals surface area contributed by atoms with E-state index >= 15 is 0 Å². The van der Waals surface area contributed by atoms with E-state index in [0.717, 1.165) is 66.0 Å². The second-order valence-electron chi connectivity index (χ2n) is 10.3. The zero-order valence-electron chi connectivity index (χ0n) is 23.5. The number of nitriles is 1. The number of amides is 1. The Morgan fingerprint density at radius 3 is 2.59 bits per heavy atom. The van der Waals surface area contributed by atoms with Crippen LogP contribution in [-0.4, -0.2) is 59.4 Å². The molecule has 7 heteroatoms. The number of anilines is 1. The summed E-state index contributed by atoms with van der Waals surface area (Å²) in [6.07, 6.45) is 8.03. The monoisotopic (exact) mass is 520 g/mol. The number of carbonyl (C=O) groups excluding carboxylic acids is 1. The minimum absolute atomic E-state index is 0.0234. The zero-order chi connectivity index (χ0) is 28.1. The molecule has 0 saturated heterocycles. The molecule has 0 fully saturated rings. The maximum Gasteiger partial charge on any atom is 0.253 e. The molecular formula is C32H36N6O. The van der Waals surface area contributed by atoms with E-state index in [-0.39, 0.29) is 5.91 Å². The van der Waals surface area contributed by atoms with E-state index in [1.165, 1.54) is 16.7 Å². The van der Waals surface area contributed by atoms with Crippen molar-refractivity contribution in [1.82, 2.24) is 19.8 Å². The molecule has 2 aromatic heterocycles. The smallest absolute Gasteiger partial charge is 0.253 e. The van der Waals surface area contributed by atoms with Gasteiger partial charge in [0.1, 0.15) is 11.9 Å². The van der Waals surface area contributed by atoms with Crippen LogP contribution in [0.4, 0.5) is 5.82 Å². The summed E-state index contributed by atoms with van der Waals surface area (Å²) >= 11 is 0. The molecule has 0 atom stereocenters. The molecule has 0 unspecified atom stereocenters. The van der Waals surface area contributed by atoms with Crippen molar-refractivity contribution >= 4 is 23.4 Å². The Labute approximate surface area is 231 Å². The Morgan fingerprint density at radius 2 is 1.95 bits per heavy atom. The van der Waals surface area contributed by atoms with Crippen LogP contribution in [-0.2, 0) is 6.42 Å². The summed E-state index contributed by atoms with van der Waals surface area (Å²) in [6.45, 7) is 8.96. The van der Waals surface area contributed by atoms with Crippen molar-refractivity contribution in [3.8, 4) is 17.2 Å². The number of aryl methyl sites for hydroxylation is 2. The first kappa shape index (κ1) is 27.7. The van der Waals surface area contributed by atoms with Crippen molar-refractivity contribution in [1.29, 1.82) is 5.26 Å². The summed E-state index contributed by atoms with van der Waals surface area (Å²) in [5.74, 6) is 0.356. The number of benzene rings is 1. The van der Waals surface area contributed by atoms with Crippen molar-refractivity contribution in [2.45, 2.75) is 33.6 Å². The van der Waals surface area contributed by atoms with Crippen LogP contribution < -0.4 is 5.73 Å². The molecule has 0 radical (unpaired) electrons. The second-order valence-corrected chi connectivity index (χ2v) is 10.3. The topological polar surface area (TPSA) is 99.1 Å². The van der Waals surface area contributed by atoms with Gasteiger partial charge in [0.05, 0.1) is 0 Å². The van der Waals surface area contributed by atoms with Crippen LogP contribution in [0.1, 0.15) is 58.7 Å². The van der Waals surface area contributed by atoms with Crippen molar-refractivity contribution < 1.29 is 4.79 Å². The van der Waals surface area contributed by atoms with Gasteiger partial charge >= 0.3 is 0 Å². The summed E-state index contributed by atoms with van der Waals surface area (Å²) in [7, 11) is 3.55. The summed E-state index contributed by atoms with van der Waals surface area (Å²) in [4.78, 5) is 25.2. The Hall–Kier alpha value is -4.28. The summed E-state index contributed by atoms with van der Waals surface area (Å²) in [6, 6.07) is 13.7. The molecule has 7 nitrogen and oxygen atoms in total. The van der Waals surface area contributed by atoms with Crippen LogP contribution in [0.15, 0.2) is 54.2 Å². The molecule has 200 valence electrons. The molecule has 3 aromatic rings. The van der Waals surface area contributed by atoms with Gasteiger partial charge in [-0.1, -0.05) is 30.7 Å². The second kappa shape index (κ2) is 12.1. The number of hydrogen-bond donors (Lipinski definition) is 1. The lowest BCUT2D eigenvalue weighted by molar-refractivity contribution is 0.0827. The van der Waals surface area contributed by atoms with Gasteiger partial charge in [-0.2, -0.15) is 5.26 Å². The highest BCUT2D eigenvalue weighted by atomic mass is 16.2. The minimum atomic E-state index is 0.0234. The maximum atomic E-state index is 12.3. The molecule has 39 heavy (non-hydrogen) atoms. The van der Waals surface area contributed by atoms with Gasteiger partial charge in [0, 0.05) is 62.3 Å². The molecule has 1 aliphatic rings. The van der Waals surface area contributed by atoms with Crippen LogP contribution >= 0.6 is 0 Å². The lowest BCUT2D eigenvalue weighted by Crippen LogP contribution is -2.30.